The summed E-state index contributed by atoms with van der Waals surface area (Å²) in [6.07, 6.45) is -2.60. The Morgan fingerprint density at radius 3 is 2.55 bits per heavy atom. The molecule has 1 saturated carbocycles. The predicted octanol–water partition coefficient (Wildman–Crippen LogP) is 3.27. The van der Waals surface area contributed by atoms with Crippen LogP contribution in [0.15, 0.2) is 18.2 Å². The highest BCUT2D eigenvalue weighted by Gasteiger charge is 2.34. The van der Waals surface area contributed by atoms with Gasteiger partial charge in [-0.2, -0.15) is 13.2 Å². The van der Waals surface area contributed by atoms with E-state index in [9.17, 15) is 27.5 Å². The maximum atomic E-state index is 13.1. The quantitative estimate of drug-likeness (QED) is 0.733. The summed E-state index contributed by atoms with van der Waals surface area (Å²) in [5.41, 5.74) is -1.61. The van der Waals surface area contributed by atoms with Crippen LogP contribution in [-0.4, -0.2) is 23.3 Å². The minimum atomic E-state index is -4.84. The highest BCUT2D eigenvalue weighted by atomic mass is 19.4. The second-order valence-corrected chi connectivity index (χ2v) is 5.25. The van der Waals surface area contributed by atoms with Crippen molar-refractivity contribution in [2.24, 2.45) is 0 Å². The number of carbonyl (C=O) groups is 1. The molecule has 0 radical (unpaired) electrons. The maximum Gasteiger partial charge on any atom is 0.419 e. The number of rotatable bonds is 2. The lowest BCUT2D eigenvalue weighted by Gasteiger charge is -2.28. The second kappa shape index (κ2) is 6.51. The van der Waals surface area contributed by atoms with Crippen LogP contribution in [0.25, 0.3) is 0 Å². The number of benzene rings is 1. The molecular formula is C14H16F4N2O2. The van der Waals surface area contributed by atoms with Crippen LogP contribution in [0.5, 0.6) is 0 Å². The van der Waals surface area contributed by atoms with Gasteiger partial charge in [0.25, 0.3) is 0 Å². The zero-order valence-electron chi connectivity index (χ0n) is 11.6. The van der Waals surface area contributed by atoms with E-state index in [1.807, 2.05) is 0 Å². The molecule has 1 fully saturated rings. The molecule has 0 spiro atoms. The highest BCUT2D eigenvalue weighted by Crippen LogP contribution is 2.33. The van der Waals surface area contributed by atoms with Crippen molar-refractivity contribution in [3.8, 4) is 0 Å². The number of nitrogens with one attached hydrogen (secondary N) is 2. The lowest BCUT2D eigenvalue weighted by atomic mass is 9.93. The zero-order chi connectivity index (χ0) is 16.3. The molecule has 2 amide bonds. The van der Waals surface area contributed by atoms with Crippen molar-refractivity contribution in [3.05, 3.63) is 29.6 Å². The number of urea groups is 1. The number of amides is 2. The van der Waals surface area contributed by atoms with Crippen molar-refractivity contribution in [1.29, 1.82) is 0 Å². The number of aliphatic hydroxyl groups is 1. The van der Waals surface area contributed by atoms with Gasteiger partial charge in [0.15, 0.2) is 0 Å². The van der Waals surface area contributed by atoms with E-state index in [0.29, 0.717) is 25.0 Å². The molecule has 0 aromatic heterocycles. The first-order valence-corrected chi connectivity index (χ1v) is 6.89. The molecule has 4 nitrogen and oxygen atoms in total. The number of halogens is 4. The average Bonchev–Trinajstić information content (AvgIpc) is 2.42. The summed E-state index contributed by atoms with van der Waals surface area (Å²) < 4.78 is 50.9. The maximum absolute atomic E-state index is 13.1. The lowest BCUT2D eigenvalue weighted by molar-refractivity contribution is -0.139. The Bertz CT molecular complexity index is 548. The van der Waals surface area contributed by atoms with E-state index < -0.39 is 35.7 Å². The number of hydrogen-bond donors (Lipinski definition) is 3. The number of hydrogen-bond acceptors (Lipinski definition) is 2. The van der Waals surface area contributed by atoms with Crippen LogP contribution in [0.3, 0.4) is 0 Å². The molecule has 1 aromatic rings. The van der Waals surface area contributed by atoms with Crippen molar-refractivity contribution >= 4 is 11.7 Å². The average molecular weight is 320 g/mol. The van der Waals surface area contributed by atoms with E-state index in [1.54, 1.807) is 0 Å². The van der Waals surface area contributed by atoms with Crippen LogP contribution in [0.2, 0.25) is 0 Å². The van der Waals surface area contributed by atoms with Crippen molar-refractivity contribution in [3.63, 3.8) is 0 Å². The van der Waals surface area contributed by atoms with Crippen molar-refractivity contribution in [2.75, 3.05) is 5.32 Å². The Morgan fingerprint density at radius 2 is 1.91 bits per heavy atom. The van der Waals surface area contributed by atoms with Crippen LogP contribution < -0.4 is 10.6 Å². The second-order valence-electron chi connectivity index (χ2n) is 5.25. The molecule has 0 saturated heterocycles. The van der Waals surface area contributed by atoms with Crippen molar-refractivity contribution in [1.82, 2.24) is 5.32 Å². The van der Waals surface area contributed by atoms with Crippen LogP contribution in [0.4, 0.5) is 28.0 Å². The van der Waals surface area contributed by atoms with Crippen molar-refractivity contribution < 1.29 is 27.5 Å². The molecule has 3 N–H and O–H groups in total. The van der Waals surface area contributed by atoms with Crippen LogP contribution in [-0.2, 0) is 6.18 Å². The Morgan fingerprint density at radius 1 is 1.23 bits per heavy atom. The summed E-state index contributed by atoms with van der Waals surface area (Å²) in [7, 11) is 0. The monoisotopic (exact) mass is 320 g/mol. The minimum absolute atomic E-state index is 0.170. The van der Waals surface area contributed by atoms with Crippen molar-refractivity contribution in [2.45, 2.75) is 44.0 Å². The number of carbonyl (C=O) groups excluding carboxylic acids is 1. The summed E-state index contributed by atoms with van der Waals surface area (Å²) >= 11 is 0. The third-order valence-corrected chi connectivity index (χ3v) is 3.58. The van der Waals surface area contributed by atoms with E-state index in [0.717, 1.165) is 18.9 Å². The molecule has 8 heteroatoms. The standard InChI is InChI=1S/C14H16F4N2O2/c15-10-6-5-8(7-9(10)14(16,17)18)19-13(22)20-11-3-1-2-4-12(11)21/h5-7,11-12,21H,1-4H2,(H2,19,20,22). The number of aliphatic hydroxyl groups excluding tert-OH is 1. The summed E-state index contributed by atoms with van der Waals surface area (Å²) in [6, 6.07) is 1.06. The third kappa shape index (κ3) is 4.09. The molecule has 2 unspecified atom stereocenters. The topological polar surface area (TPSA) is 61.4 Å². The first-order valence-electron chi connectivity index (χ1n) is 6.89. The molecule has 1 aliphatic carbocycles. The van der Waals surface area contributed by atoms with Gasteiger partial charge < -0.3 is 15.7 Å². The number of alkyl halides is 3. The molecule has 1 aromatic carbocycles. The highest BCUT2D eigenvalue weighted by molar-refractivity contribution is 5.89. The van der Waals surface area contributed by atoms with Gasteiger partial charge in [-0.3, -0.25) is 0 Å². The Kier molecular flexibility index (Phi) is 4.90. The molecule has 0 heterocycles. The first-order chi connectivity index (χ1) is 10.3. The molecule has 122 valence electrons. The zero-order valence-corrected chi connectivity index (χ0v) is 11.6. The molecule has 2 atom stereocenters. The molecule has 2 rings (SSSR count). The Balaban J connectivity index is 2.02. The summed E-state index contributed by atoms with van der Waals surface area (Å²) in [5, 5.41) is 14.5. The van der Waals surface area contributed by atoms with E-state index in [2.05, 4.69) is 10.6 Å². The predicted molar refractivity (Wildman–Crippen MR) is 71.8 cm³/mol. The lowest BCUT2D eigenvalue weighted by Crippen LogP contribution is -2.46. The van der Waals surface area contributed by atoms with Gasteiger partial charge in [-0.15, -0.1) is 0 Å². The van der Waals surface area contributed by atoms with Crippen LogP contribution in [0.1, 0.15) is 31.2 Å². The smallest absolute Gasteiger partial charge is 0.391 e. The van der Waals surface area contributed by atoms with Gasteiger partial charge in [0, 0.05) is 5.69 Å². The first kappa shape index (κ1) is 16.5. The fourth-order valence-corrected chi connectivity index (χ4v) is 2.44. The largest absolute Gasteiger partial charge is 0.419 e. The van der Waals surface area contributed by atoms with Gasteiger partial charge in [0.1, 0.15) is 5.82 Å². The summed E-state index contributed by atoms with van der Waals surface area (Å²) in [6.45, 7) is 0. The van der Waals surface area contributed by atoms with E-state index in [4.69, 9.17) is 0 Å². The minimum Gasteiger partial charge on any atom is -0.391 e. The molecule has 1 aliphatic rings. The SMILES string of the molecule is O=C(Nc1ccc(F)c(C(F)(F)F)c1)NC1CCCCC1O. The van der Waals surface area contributed by atoms with Gasteiger partial charge in [0.2, 0.25) is 0 Å². The van der Waals surface area contributed by atoms with Gasteiger partial charge >= 0.3 is 12.2 Å². The van der Waals surface area contributed by atoms with Gasteiger partial charge in [-0.25, -0.2) is 9.18 Å². The van der Waals surface area contributed by atoms with Gasteiger partial charge in [-0.05, 0) is 31.0 Å². The van der Waals surface area contributed by atoms with E-state index >= 15 is 0 Å². The van der Waals surface area contributed by atoms with Crippen LogP contribution >= 0.6 is 0 Å². The summed E-state index contributed by atoms with van der Waals surface area (Å²) in [5.74, 6) is -1.40. The van der Waals surface area contributed by atoms with Gasteiger partial charge in [0.05, 0.1) is 17.7 Å². The summed E-state index contributed by atoms with van der Waals surface area (Å²) in [4.78, 5) is 11.8. The normalized spacial score (nSPS) is 22.2. The molecule has 22 heavy (non-hydrogen) atoms. The Hall–Kier alpha value is -1.83. The fourth-order valence-electron chi connectivity index (χ4n) is 2.44. The molecular weight excluding hydrogens is 304 g/mol. The fraction of sp³-hybridized carbons (Fsp3) is 0.500. The van der Waals surface area contributed by atoms with E-state index in [1.165, 1.54) is 0 Å². The van der Waals surface area contributed by atoms with E-state index in [-0.39, 0.29) is 5.69 Å². The van der Waals surface area contributed by atoms with Crippen LogP contribution in [0, 0.1) is 5.82 Å². The molecule has 0 aliphatic heterocycles. The van der Waals surface area contributed by atoms with Gasteiger partial charge in [-0.1, -0.05) is 12.8 Å². The molecule has 0 bridgehead atoms. The number of anilines is 1. The third-order valence-electron chi connectivity index (χ3n) is 3.58. The Labute approximate surface area is 124 Å².